The van der Waals surface area contributed by atoms with Gasteiger partial charge in [-0.15, -0.1) is 0 Å². The highest BCUT2D eigenvalue weighted by atomic mass is 32.2. The average Bonchev–Trinajstić information content (AvgIpc) is 2.75. The van der Waals surface area contributed by atoms with Crippen LogP contribution in [-0.2, 0) is 0 Å². The van der Waals surface area contributed by atoms with E-state index in [2.05, 4.69) is 4.98 Å². The van der Waals surface area contributed by atoms with Gasteiger partial charge in [0, 0.05) is 11.7 Å². The Morgan fingerprint density at radius 2 is 2.67 bits per heavy atom. The van der Waals surface area contributed by atoms with E-state index in [9.17, 15) is 4.79 Å². The first-order chi connectivity index (χ1) is 5.90. The fourth-order valence-corrected chi connectivity index (χ4v) is 2.48. The molecule has 1 aromatic heterocycles. The Labute approximate surface area is 74.5 Å². The molecule has 0 radical (unpaired) electrons. The standard InChI is InChI=1S/C8H9NO2S/c10-3-7-4-11-8(9-7)6-1-2-12-5-6/h3-4,6H,1-2,5H2. The lowest BCUT2D eigenvalue weighted by atomic mass is 10.1. The zero-order valence-electron chi connectivity index (χ0n) is 6.53. The second-order valence-electron chi connectivity index (χ2n) is 2.79. The molecule has 2 rings (SSSR count). The largest absolute Gasteiger partial charge is 0.448 e. The third kappa shape index (κ3) is 1.39. The van der Waals surface area contributed by atoms with Crippen molar-refractivity contribution in [3.63, 3.8) is 0 Å². The summed E-state index contributed by atoms with van der Waals surface area (Å²) in [4.78, 5) is 14.4. The summed E-state index contributed by atoms with van der Waals surface area (Å²) in [6.45, 7) is 0. The van der Waals surface area contributed by atoms with E-state index in [0.29, 0.717) is 11.6 Å². The molecule has 3 nitrogen and oxygen atoms in total. The summed E-state index contributed by atoms with van der Waals surface area (Å²) in [5, 5.41) is 0. The molecule has 2 heterocycles. The maximum atomic E-state index is 10.3. The normalized spacial score (nSPS) is 22.8. The van der Waals surface area contributed by atoms with E-state index in [4.69, 9.17) is 4.42 Å². The fourth-order valence-electron chi connectivity index (χ4n) is 1.27. The molecule has 0 aliphatic carbocycles. The Kier molecular flexibility index (Phi) is 2.17. The zero-order chi connectivity index (χ0) is 8.39. The number of oxazole rings is 1. The summed E-state index contributed by atoms with van der Waals surface area (Å²) < 4.78 is 5.18. The number of aromatic nitrogens is 1. The van der Waals surface area contributed by atoms with Crippen molar-refractivity contribution >= 4 is 18.0 Å². The van der Waals surface area contributed by atoms with Gasteiger partial charge in [-0.05, 0) is 12.2 Å². The second-order valence-corrected chi connectivity index (χ2v) is 3.94. The van der Waals surface area contributed by atoms with E-state index in [1.807, 2.05) is 11.8 Å². The molecule has 64 valence electrons. The molecule has 12 heavy (non-hydrogen) atoms. The smallest absolute Gasteiger partial charge is 0.198 e. The number of carbonyl (C=O) groups is 1. The number of rotatable bonds is 2. The van der Waals surface area contributed by atoms with Gasteiger partial charge in [0.2, 0.25) is 0 Å². The van der Waals surface area contributed by atoms with Crippen molar-refractivity contribution in [2.45, 2.75) is 12.3 Å². The molecule has 0 amide bonds. The van der Waals surface area contributed by atoms with Crippen molar-refractivity contribution < 1.29 is 9.21 Å². The lowest BCUT2D eigenvalue weighted by Crippen LogP contribution is -1.96. The lowest BCUT2D eigenvalue weighted by Gasteiger charge is -1.99. The van der Waals surface area contributed by atoms with E-state index in [1.54, 1.807) is 0 Å². The van der Waals surface area contributed by atoms with Crippen LogP contribution in [0.5, 0.6) is 0 Å². The molecule has 1 aliphatic rings. The maximum absolute atomic E-state index is 10.3. The average molecular weight is 183 g/mol. The maximum Gasteiger partial charge on any atom is 0.198 e. The number of nitrogens with zero attached hydrogens (tertiary/aromatic N) is 1. The Balaban J connectivity index is 2.16. The quantitative estimate of drug-likeness (QED) is 0.654. The predicted molar refractivity (Wildman–Crippen MR) is 46.6 cm³/mol. The summed E-state index contributed by atoms with van der Waals surface area (Å²) in [5.74, 6) is 3.38. The van der Waals surface area contributed by atoms with E-state index in [1.165, 1.54) is 12.0 Å². The van der Waals surface area contributed by atoms with Crippen LogP contribution < -0.4 is 0 Å². The first kappa shape index (κ1) is 7.86. The molecule has 0 saturated carbocycles. The number of aldehydes is 1. The second kappa shape index (κ2) is 3.31. The monoisotopic (exact) mass is 183 g/mol. The van der Waals surface area contributed by atoms with Crippen LogP contribution in [0.25, 0.3) is 0 Å². The summed E-state index contributed by atoms with van der Waals surface area (Å²) in [5.41, 5.74) is 0.405. The molecule has 0 N–H and O–H groups in total. The molecule has 1 aromatic rings. The van der Waals surface area contributed by atoms with Crippen molar-refractivity contribution in [1.29, 1.82) is 0 Å². The van der Waals surface area contributed by atoms with Crippen LogP contribution in [0.4, 0.5) is 0 Å². The van der Waals surface area contributed by atoms with Crippen LogP contribution in [0.15, 0.2) is 10.7 Å². The van der Waals surface area contributed by atoms with Gasteiger partial charge in [-0.3, -0.25) is 4.79 Å². The number of hydrogen-bond donors (Lipinski definition) is 0. The minimum atomic E-state index is 0.405. The number of thioether (sulfide) groups is 1. The van der Waals surface area contributed by atoms with Gasteiger partial charge in [0.25, 0.3) is 0 Å². The Morgan fingerprint density at radius 1 is 1.75 bits per heavy atom. The minimum Gasteiger partial charge on any atom is -0.448 e. The van der Waals surface area contributed by atoms with E-state index >= 15 is 0 Å². The van der Waals surface area contributed by atoms with Gasteiger partial charge in [0.1, 0.15) is 12.0 Å². The molecular weight excluding hydrogens is 174 g/mol. The van der Waals surface area contributed by atoms with E-state index in [0.717, 1.165) is 24.4 Å². The van der Waals surface area contributed by atoms with Gasteiger partial charge in [0.05, 0.1) is 0 Å². The first-order valence-electron chi connectivity index (χ1n) is 3.88. The highest BCUT2D eigenvalue weighted by molar-refractivity contribution is 7.99. The van der Waals surface area contributed by atoms with Crippen molar-refractivity contribution in [2.75, 3.05) is 11.5 Å². The lowest BCUT2D eigenvalue weighted by molar-refractivity contribution is 0.111. The van der Waals surface area contributed by atoms with Gasteiger partial charge < -0.3 is 4.42 Å². The Bertz CT molecular complexity index is 278. The summed E-state index contributed by atoms with van der Waals surface area (Å²) in [7, 11) is 0. The molecule has 0 aromatic carbocycles. The van der Waals surface area contributed by atoms with E-state index in [-0.39, 0.29) is 0 Å². The van der Waals surface area contributed by atoms with Gasteiger partial charge in [0.15, 0.2) is 12.2 Å². The Hall–Kier alpha value is -0.770. The number of hydrogen-bond acceptors (Lipinski definition) is 4. The van der Waals surface area contributed by atoms with Crippen LogP contribution in [0.1, 0.15) is 28.7 Å². The van der Waals surface area contributed by atoms with Gasteiger partial charge >= 0.3 is 0 Å². The summed E-state index contributed by atoms with van der Waals surface area (Å²) >= 11 is 1.91. The van der Waals surface area contributed by atoms with Crippen molar-refractivity contribution in [3.05, 3.63) is 17.8 Å². The minimum absolute atomic E-state index is 0.405. The van der Waals surface area contributed by atoms with Gasteiger partial charge in [-0.25, -0.2) is 4.98 Å². The summed E-state index contributed by atoms with van der Waals surface area (Å²) in [6.07, 6.45) is 3.25. The van der Waals surface area contributed by atoms with Gasteiger partial charge in [-0.2, -0.15) is 11.8 Å². The van der Waals surface area contributed by atoms with Crippen molar-refractivity contribution in [1.82, 2.24) is 4.98 Å². The van der Waals surface area contributed by atoms with Crippen molar-refractivity contribution in [3.8, 4) is 0 Å². The van der Waals surface area contributed by atoms with Crippen LogP contribution in [0.3, 0.4) is 0 Å². The third-order valence-corrected chi connectivity index (χ3v) is 3.10. The predicted octanol–water partition coefficient (Wildman–Crippen LogP) is 1.71. The third-order valence-electron chi connectivity index (χ3n) is 1.94. The molecule has 1 unspecified atom stereocenters. The summed E-state index contributed by atoms with van der Waals surface area (Å²) in [6, 6.07) is 0. The van der Waals surface area contributed by atoms with Crippen LogP contribution in [0, 0.1) is 0 Å². The van der Waals surface area contributed by atoms with Crippen LogP contribution in [0.2, 0.25) is 0 Å². The van der Waals surface area contributed by atoms with Crippen LogP contribution in [-0.4, -0.2) is 22.8 Å². The molecule has 1 aliphatic heterocycles. The highest BCUT2D eigenvalue weighted by Crippen LogP contribution is 2.31. The van der Waals surface area contributed by atoms with Crippen LogP contribution >= 0.6 is 11.8 Å². The molecule has 0 bridgehead atoms. The molecule has 4 heteroatoms. The molecule has 0 spiro atoms. The Morgan fingerprint density at radius 3 is 3.25 bits per heavy atom. The molecule has 1 atom stereocenters. The van der Waals surface area contributed by atoms with E-state index < -0.39 is 0 Å². The zero-order valence-corrected chi connectivity index (χ0v) is 7.34. The topological polar surface area (TPSA) is 43.1 Å². The fraction of sp³-hybridized carbons (Fsp3) is 0.500. The molecule has 1 saturated heterocycles. The highest BCUT2D eigenvalue weighted by Gasteiger charge is 2.21. The van der Waals surface area contributed by atoms with Gasteiger partial charge in [-0.1, -0.05) is 0 Å². The SMILES string of the molecule is O=Cc1coc(C2CCSC2)n1. The molecular formula is C8H9NO2S. The molecule has 1 fully saturated rings. The number of carbonyl (C=O) groups excluding carboxylic acids is 1. The van der Waals surface area contributed by atoms with Crippen molar-refractivity contribution in [2.24, 2.45) is 0 Å². The first-order valence-corrected chi connectivity index (χ1v) is 5.04.